The van der Waals surface area contributed by atoms with Crippen molar-refractivity contribution in [3.05, 3.63) is 60.3 Å². The highest BCUT2D eigenvalue weighted by atomic mass is 19.1. The third-order valence-corrected chi connectivity index (χ3v) is 5.50. The van der Waals surface area contributed by atoms with Crippen molar-refractivity contribution in [2.24, 2.45) is 5.73 Å². The van der Waals surface area contributed by atoms with Gasteiger partial charge in [0.1, 0.15) is 12.0 Å². The van der Waals surface area contributed by atoms with Crippen LogP contribution in [0.4, 0.5) is 24.1 Å². The lowest BCUT2D eigenvalue weighted by Crippen LogP contribution is -2.43. The Kier molecular flexibility index (Phi) is 5.85. The summed E-state index contributed by atoms with van der Waals surface area (Å²) in [7, 11) is 0. The first-order chi connectivity index (χ1) is 15.3. The van der Waals surface area contributed by atoms with Gasteiger partial charge in [-0.1, -0.05) is 18.2 Å². The molecule has 0 saturated carbocycles. The molecule has 1 aromatic carbocycles. The van der Waals surface area contributed by atoms with Crippen molar-refractivity contribution in [2.75, 3.05) is 11.9 Å². The smallest absolute Gasteiger partial charge is 0.323 e. The molecule has 0 spiro atoms. The van der Waals surface area contributed by atoms with Crippen LogP contribution >= 0.6 is 0 Å². The summed E-state index contributed by atoms with van der Waals surface area (Å²) < 4.78 is 28.7. The highest BCUT2D eigenvalue weighted by Gasteiger charge is 2.39. The van der Waals surface area contributed by atoms with E-state index in [-0.39, 0.29) is 31.6 Å². The maximum atomic E-state index is 14.2. The number of amides is 3. The van der Waals surface area contributed by atoms with Crippen LogP contribution in [0, 0.1) is 5.82 Å². The predicted octanol–water partition coefficient (Wildman–Crippen LogP) is 3.25. The number of anilines is 1. The Hall–Kier alpha value is -3.82. The number of fused-ring (bicyclic) bond motifs is 1. The Balaban J connectivity index is 1.49. The topological polar surface area (TPSA) is 110 Å². The number of benzene rings is 1. The first-order valence-electron chi connectivity index (χ1n) is 10.1. The minimum Gasteiger partial charge on any atom is -0.351 e. The second kappa shape index (κ2) is 8.74. The van der Waals surface area contributed by atoms with E-state index in [1.54, 1.807) is 24.3 Å². The second-order valence-electron chi connectivity index (χ2n) is 7.68. The van der Waals surface area contributed by atoms with E-state index in [1.807, 2.05) is 0 Å². The Labute approximate surface area is 182 Å². The van der Waals surface area contributed by atoms with Crippen molar-refractivity contribution in [3.8, 4) is 0 Å². The number of carbonyl (C=O) groups is 3. The van der Waals surface area contributed by atoms with Gasteiger partial charge in [0, 0.05) is 30.6 Å². The first-order valence-corrected chi connectivity index (χ1v) is 10.1. The molecular formula is C22H21F2N5O3. The normalized spacial score (nSPS) is 18.1. The van der Waals surface area contributed by atoms with Gasteiger partial charge in [0.25, 0.3) is 0 Å². The molecule has 8 nitrogen and oxygen atoms in total. The number of rotatable bonds is 5. The molecule has 32 heavy (non-hydrogen) atoms. The standard InChI is InChI=1S/C22H21F2N5O3/c23-14-7-13(9-26-10-14)5-6-20(30)19-8-15(24)11-29(19)22(32)27-17-12-28(21(25)31)18-4-2-1-3-16(17)18/h1-4,7,9-10,12,15,19H,5-6,8,11H2,(H2,25,31)(H,27,32)/t15-,19+/m1/s1. The van der Waals surface area contributed by atoms with E-state index >= 15 is 0 Å². The third kappa shape index (κ3) is 4.29. The Morgan fingerprint density at radius 3 is 2.75 bits per heavy atom. The van der Waals surface area contributed by atoms with Crippen LogP contribution in [0.3, 0.4) is 0 Å². The number of nitrogens with two attached hydrogens (primary N) is 1. The van der Waals surface area contributed by atoms with E-state index in [0.717, 1.165) is 11.1 Å². The number of hydrogen-bond donors (Lipinski definition) is 2. The minimum atomic E-state index is -1.34. The van der Waals surface area contributed by atoms with Gasteiger partial charge in [-0.25, -0.2) is 18.4 Å². The van der Waals surface area contributed by atoms with E-state index < -0.39 is 30.1 Å². The predicted molar refractivity (Wildman–Crippen MR) is 113 cm³/mol. The van der Waals surface area contributed by atoms with Crippen LogP contribution in [0.5, 0.6) is 0 Å². The van der Waals surface area contributed by atoms with Crippen molar-refractivity contribution in [2.45, 2.75) is 31.5 Å². The summed E-state index contributed by atoms with van der Waals surface area (Å²) in [6.07, 6.45) is 2.74. The Morgan fingerprint density at radius 2 is 2.00 bits per heavy atom. The lowest BCUT2D eigenvalue weighted by Gasteiger charge is -2.23. The van der Waals surface area contributed by atoms with Gasteiger partial charge in [-0.05, 0) is 24.1 Å². The van der Waals surface area contributed by atoms with Crippen LogP contribution in [0.1, 0.15) is 18.4 Å². The van der Waals surface area contributed by atoms with Gasteiger partial charge in [-0.2, -0.15) is 0 Å². The number of aryl methyl sites for hydroxylation is 1. The van der Waals surface area contributed by atoms with Gasteiger partial charge < -0.3 is 16.0 Å². The number of nitrogens with one attached hydrogen (secondary N) is 1. The number of Topliss-reactive ketones (excluding diaryl/α,β-unsaturated/α-hetero) is 1. The second-order valence-corrected chi connectivity index (χ2v) is 7.68. The molecule has 3 amide bonds. The van der Waals surface area contributed by atoms with Gasteiger partial charge in [-0.15, -0.1) is 0 Å². The zero-order valence-corrected chi connectivity index (χ0v) is 17.0. The number of hydrogen-bond acceptors (Lipinski definition) is 4. The molecular weight excluding hydrogens is 420 g/mol. The summed E-state index contributed by atoms with van der Waals surface area (Å²) in [6.45, 7) is -0.224. The number of ketones is 1. The molecule has 0 aliphatic carbocycles. The van der Waals surface area contributed by atoms with Gasteiger partial charge in [-0.3, -0.25) is 14.3 Å². The molecule has 1 saturated heterocycles. The number of halogens is 2. The first kappa shape index (κ1) is 21.4. The lowest BCUT2D eigenvalue weighted by atomic mass is 10.0. The maximum absolute atomic E-state index is 14.2. The van der Waals surface area contributed by atoms with Crippen LogP contribution < -0.4 is 11.1 Å². The minimum absolute atomic E-state index is 0.0211. The zero-order valence-electron chi connectivity index (χ0n) is 17.0. The molecule has 3 heterocycles. The molecule has 10 heteroatoms. The van der Waals surface area contributed by atoms with Crippen molar-refractivity contribution in [1.82, 2.24) is 14.5 Å². The van der Waals surface area contributed by atoms with E-state index in [4.69, 9.17) is 5.73 Å². The highest BCUT2D eigenvalue weighted by Crippen LogP contribution is 2.28. The molecule has 2 atom stereocenters. The number of para-hydroxylation sites is 1. The fraction of sp³-hybridized carbons (Fsp3) is 0.273. The molecule has 0 bridgehead atoms. The molecule has 4 rings (SSSR count). The SMILES string of the molecule is NC(=O)n1cc(NC(=O)N2C[C@H](F)C[C@H]2C(=O)CCc2cncc(F)c2)c2ccccc21. The Bertz CT molecular complexity index is 1200. The molecule has 0 radical (unpaired) electrons. The van der Waals surface area contributed by atoms with Crippen LogP contribution in [-0.4, -0.2) is 51.1 Å². The maximum Gasteiger partial charge on any atom is 0.323 e. The number of alkyl halides is 1. The number of pyridine rings is 1. The summed E-state index contributed by atoms with van der Waals surface area (Å²) >= 11 is 0. The molecule has 0 unspecified atom stereocenters. The van der Waals surface area contributed by atoms with Gasteiger partial charge in [0.15, 0.2) is 5.78 Å². The van der Waals surface area contributed by atoms with Gasteiger partial charge in [0.05, 0.1) is 30.0 Å². The summed E-state index contributed by atoms with van der Waals surface area (Å²) in [5.41, 5.74) is 6.77. The van der Waals surface area contributed by atoms with Crippen LogP contribution in [-0.2, 0) is 11.2 Å². The summed E-state index contributed by atoms with van der Waals surface area (Å²) in [6, 6.07) is 5.84. The van der Waals surface area contributed by atoms with E-state index in [1.165, 1.54) is 23.0 Å². The van der Waals surface area contributed by atoms with Crippen molar-refractivity contribution in [3.63, 3.8) is 0 Å². The summed E-state index contributed by atoms with van der Waals surface area (Å²) in [5.74, 6) is -0.820. The average molecular weight is 441 g/mol. The number of primary amides is 1. The average Bonchev–Trinajstić information content (AvgIpc) is 3.33. The molecule has 1 aliphatic rings. The van der Waals surface area contributed by atoms with Gasteiger partial charge in [0.2, 0.25) is 0 Å². The fourth-order valence-corrected chi connectivity index (χ4v) is 3.99. The number of nitrogens with zero attached hydrogens (tertiary/aromatic N) is 3. The number of aromatic nitrogens is 2. The fourth-order valence-electron chi connectivity index (χ4n) is 3.99. The van der Waals surface area contributed by atoms with Gasteiger partial charge >= 0.3 is 12.1 Å². The van der Waals surface area contributed by atoms with E-state index in [9.17, 15) is 23.2 Å². The lowest BCUT2D eigenvalue weighted by molar-refractivity contribution is -0.122. The van der Waals surface area contributed by atoms with E-state index in [2.05, 4.69) is 10.3 Å². The van der Waals surface area contributed by atoms with Crippen LogP contribution in [0.25, 0.3) is 10.9 Å². The number of carbonyl (C=O) groups excluding carboxylic acids is 3. The monoisotopic (exact) mass is 441 g/mol. The summed E-state index contributed by atoms with van der Waals surface area (Å²) in [4.78, 5) is 42.3. The molecule has 2 aromatic heterocycles. The molecule has 3 aromatic rings. The largest absolute Gasteiger partial charge is 0.351 e. The molecule has 1 fully saturated rings. The molecule has 1 aliphatic heterocycles. The van der Waals surface area contributed by atoms with Crippen molar-refractivity contribution >= 4 is 34.4 Å². The van der Waals surface area contributed by atoms with Crippen LogP contribution in [0.15, 0.2) is 48.9 Å². The van der Waals surface area contributed by atoms with Crippen LogP contribution in [0.2, 0.25) is 0 Å². The summed E-state index contributed by atoms with van der Waals surface area (Å²) in [5, 5.41) is 3.25. The highest BCUT2D eigenvalue weighted by molar-refractivity contribution is 6.05. The molecule has 3 N–H and O–H groups in total. The molecule has 166 valence electrons. The number of urea groups is 1. The quantitative estimate of drug-likeness (QED) is 0.633. The van der Waals surface area contributed by atoms with E-state index in [0.29, 0.717) is 22.2 Å². The number of likely N-dealkylation sites (tertiary alicyclic amines) is 1. The van der Waals surface area contributed by atoms with Crippen molar-refractivity contribution in [1.29, 1.82) is 0 Å². The third-order valence-electron chi connectivity index (χ3n) is 5.50. The zero-order chi connectivity index (χ0) is 22.8. The van der Waals surface area contributed by atoms with Crippen molar-refractivity contribution < 1.29 is 23.2 Å². The Morgan fingerprint density at radius 1 is 1.22 bits per heavy atom.